The Bertz CT molecular complexity index is 856. The largest absolute Gasteiger partial charge is 0.486 e. The quantitative estimate of drug-likeness (QED) is 0.836. The molecule has 0 spiro atoms. The molecule has 27 heavy (non-hydrogen) atoms. The molecule has 4 heterocycles. The van der Waals surface area contributed by atoms with E-state index in [4.69, 9.17) is 9.47 Å². The third-order valence-corrected chi connectivity index (χ3v) is 5.65. The lowest BCUT2D eigenvalue weighted by molar-refractivity contribution is 0.0305. The molecule has 140 valence electrons. The lowest BCUT2D eigenvalue weighted by Gasteiger charge is -2.39. The smallest absolute Gasteiger partial charge is 0.273 e. The van der Waals surface area contributed by atoms with Crippen molar-refractivity contribution in [2.45, 2.75) is 31.5 Å². The predicted molar refractivity (Wildman–Crippen MR) is 99.9 cm³/mol. The number of nitrogens with zero attached hydrogens (tertiary/aromatic N) is 3. The zero-order valence-corrected chi connectivity index (χ0v) is 15.2. The second-order valence-corrected chi connectivity index (χ2v) is 7.50. The van der Waals surface area contributed by atoms with E-state index in [2.05, 4.69) is 9.88 Å². The molecule has 6 nitrogen and oxygen atoms in total. The van der Waals surface area contributed by atoms with E-state index in [0.29, 0.717) is 18.8 Å². The molecule has 3 aliphatic heterocycles. The summed E-state index contributed by atoms with van der Waals surface area (Å²) >= 11 is 0. The van der Waals surface area contributed by atoms with Crippen LogP contribution in [0.4, 0.5) is 0 Å². The number of rotatable bonds is 3. The van der Waals surface area contributed by atoms with Crippen LogP contribution in [0, 0.1) is 0 Å². The summed E-state index contributed by atoms with van der Waals surface area (Å²) < 4.78 is 11.9. The van der Waals surface area contributed by atoms with Gasteiger partial charge in [-0.1, -0.05) is 18.2 Å². The molecule has 1 aromatic heterocycles. The van der Waals surface area contributed by atoms with Gasteiger partial charge in [-0.2, -0.15) is 0 Å². The maximum Gasteiger partial charge on any atom is 0.273 e. The van der Waals surface area contributed by atoms with Crippen molar-refractivity contribution in [2.75, 3.05) is 26.2 Å². The minimum Gasteiger partial charge on any atom is -0.486 e. The van der Waals surface area contributed by atoms with Crippen LogP contribution in [-0.2, 0) is 6.54 Å². The number of hydrogen-bond acceptors (Lipinski definition) is 5. The number of fused-ring (bicyclic) bond motifs is 2. The molecule has 1 saturated heterocycles. The number of hydrogen-bond donors (Lipinski definition) is 0. The molecule has 1 amide bonds. The van der Waals surface area contributed by atoms with Crippen LogP contribution in [0.25, 0.3) is 0 Å². The summed E-state index contributed by atoms with van der Waals surface area (Å²) in [6, 6.07) is 12.0. The van der Waals surface area contributed by atoms with E-state index in [1.807, 2.05) is 41.3 Å². The van der Waals surface area contributed by atoms with Crippen LogP contribution < -0.4 is 9.47 Å². The highest BCUT2D eigenvalue weighted by molar-refractivity contribution is 5.96. The normalized spacial score (nSPS) is 24.7. The van der Waals surface area contributed by atoms with Gasteiger partial charge < -0.3 is 14.4 Å². The van der Waals surface area contributed by atoms with Gasteiger partial charge in [-0.05, 0) is 37.6 Å². The van der Waals surface area contributed by atoms with Crippen molar-refractivity contribution in [2.24, 2.45) is 0 Å². The summed E-state index contributed by atoms with van der Waals surface area (Å²) in [7, 11) is 0. The lowest BCUT2D eigenvalue weighted by Crippen LogP contribution is -2.51. The van der Waals surface area contributed by atoms with E-state index in [-0.39, 0.29) is 18.1 Å². The first-order valence-corrected chi connectivity index (χ1v) is 9.63. The third-order valence-electron chi connectivity index (χ3n) is 5.65. The van der Waals surface area contributed by atoms with Gasteiger partial charge in [0.15, 0.2) is 11.5 Å². The zero-order valence-electron chi connectivity index (χ0n) is 15.2. The van der Waals surface area contributed by atoms with Crippen molar-refractivity contribution >= 4 is 5.91 Å². The highest BCUT2D eigenvalue weighted by atomic mass is 16.6. The first-order valence-electron chi connectivity index (χ1n) is 9.63. The first kappa shape index (κ1) is 16.6. The van der Waals surface area contributed by atoms with Crippen molar-refractivity contribution in [3.63, 3.8) is 0 Å². The van der Waals surface area contributed by atoms with E-state index < -0.39 is 0 Å². The van der Waals surface area contributed by atoms with Crippen LogP contribution in [0.3, 0.4) is 0 Å². The van der Waals surface area contributed by atoms with Gasteiger partial charge in [-0.3, -0.25) is 14.7 Å². The summed E-state index contributed by atoms with van der Waals surface area (Å²) in [6.07, 6.45) is 3.85. The second-order valence-electron chi connectivity index (χ2n) is 7.50. The van der Waals surface area contributed by atoms with Gasteiger partial charge in [-0.15, -0.1) is 0 Å². The number of carbonyl (C=O) groups is 1. The molecule has 2 aromatic rings. The molecular weight excluding hydrogens is 342 g/mol. The number of ether oxygens (including phenoxy) is 2. The van der Waals surface area contributed by atoms with Crippen LogP contribution in [0.15, 0.2) is 42.6 Å². The van der Waals surface area contributed by atoms with Crippen LogP contribution in [0.1, 0.15) is 28.9 Å². The number of pyridine rings is 1. The number of amides is 1. The van der Waals surface area contributed by atoms with Crippen molar-refractivity contribution in [3.05, 3.63) is 53.9 Å². The Kier molecular flexibility index (Phi) is 4.20. The fourth-order valence-electron chi connectivity index (χ4n) is 4.34. The van der Waals surface area contributed by atoms with Gasteiger partial charge >= 0.3 is 0 Å². The molecule has 0 N–H and O–H groups in total. The van der Waals surface area contributed by atoms with Gasteiger partial charge in [0, 0.05) is 37.4 Å². The summed E-state index contributed by atoms with van der Waals surface area (Å²) in [5.41, 5.74) is 1.66. The van der Waals surface area contributed by atoms with Crippen molar-refractivity contribution in [1.82, 2.24) is 14.8 Å². The molecule has 5 rings (SSSR count). The molecule has 2 atom stereocenters. The van der Waals surface area contributed by atoms with Gasteiger partial charge in [0.05, 0.1) is 0 Å². The number of carbonyl (C=O) groups excluding carboxylic acids is 1. The Morgan fingerprint density at radius 3 is 2.93 bits per heavy atom. The molecule has 1 aromatic carbocycles. The SMILES string of the molecule is O=C1c2ncccc2CN1[C@H]1CCCN(C[C@H]2COc3ccccc3O2)C1. The van der Waals surface area contributed by atoms with E-state index in [0.717, 1.165) is 49.5 Å². The zero-order chi connectivity index (χ0) is 18.2. The van der Waals surface area contributed by atoms with Crippen molar-refractivity contribution in [1.29, 1.82) is 0 Å². The van der Waals surface area contributed by atoms with E-state index in [1.165, 1.54) is 0 Å². The van der Waals surface area contributed by atoms with Crippen LogP contribution in [-0.4, -0.2) is 59.1 Å². The molecule has 0 aliphatic carbocycles. The third kappa shape index (κ3) is 3.14. The molecular formula is C21H23N3O3. The van der Waals surface area contributed by atoms with Gasteiger partial charge in [0.1, 0.15) is 18.4 Å². The fourth-order valence-corrected chi connectivity index (χ4v) is 4.34. The topological polar surface area (TPSA) is 54.9 Å². The molecule has 0 unspecified atom stereocenters. The number of aromatic nitrogens is 1. The second kappa shape index (κ2) is 6.85. The highest BCUT2D eigenvalue weighted by Crippen LogP contribution is 2.32. The van der Waals surface area contributed by atoms with Crippen molar-refractivity contribution in [3.8, 4) is 11.5 Å². The Balaban J connectivity index is 1.23. The van der Waals surface area contributed by atoms with E-state index in [9.17, 15) is 4.79 Å². The Hall–Kier alpha value is -2.60. The molecule has 0 bridgehead atoms. The van der Waals surface area contributed by atoms with Gasteiger partial charge in [-0.25, -0.2) is 0 Å². The highest BCUT2D eigenvalue weighted by Gasteiger charge is 2.36. The fraction of sp³-hybridized carbons (Fsp3) is 0.429. The molecule has 1 fully saturated rings. The van der Waals surface area contributed by atoms with Crippen molar-refractivity contribution < 1.29 is 14.3 Å². The maximum atomic E-state index is 12.7. The molecule has 3 aliphatic rings. The van der Waals surface area contributed by atoms with E-state index in [1.54, 1.807) is 6.20 Å². The average Bonchev–Trinajstić information content (AvgIpc) is 3.05. The monoisotopic (exact) mass is 365 g/mol. The Labute approximate surface area is 158 Å². The summed E-state index contributed by atoms with van der Waals surface area (Å²) in [4.78, 5) is 21.4. The summed E-state index contributed by atoms with van der Waals surface area (Å²) in [6.45, 7) is 3.97. The number of benzene rings is 1. The van der Waals surface area contributed by atoms with Gasteiger partial charge in [0.2, 0.25) is 0 Å². The predicted octanol–water partition coefficient (Wildman–Crippen LogP) is 2.34. The van der Waals surface area contributed by atoms with Crippen LogP contribution in [0.2, 0.25) is 0 Å². The molecule has 0 saturated carbocycles. The Morgan fingerprint density at radius 1 is 1.15 bits per heavy atom. The summed E-state index contributed by atoms with van der Waals surface area (Å²) in [5.74, 6) is 1.71. The summed E-state index contributed by atoms with van der Waals surface area (Å²) in [5, 5.41) is 0. The van der Waals surface area contributed by atoms with Gasteiger partial charge in [0.25, 0.3) is 5.91 Å². The number of para-hydroxylation sites is 2. The minimum absolute atomic E-state index is 0.0202. The van der Waals surface area contributed by atoms with Crippen LogP contribution in [0.5, 0.6) is 11.5 Å². The average molecular weight is 365 g/mol. The number of likely N-dealkylation sites (tertiary alicyclic amines) is 1. The molecule has 6 heteroatoms. The van der Waals surface area contributed by atoms with E-state index >= 15 is 0 Å². The lowest BCUT2D eigenvalue weighted by atomic mass is 10.0. The van der Waals surface area contributed by atoms with Crippen LogP contribution >= 0.6 is 0 Å². The first-order chi connectivity index (χ1) is 13.3. The molecule has 0 radical (unpaired) electrons. The maximum absolute atomic E-state index is 12.7. The minimum atomic E-state index is 0.0202. The Morgan fingerprint density at radius 2 is 2.04 bits per heavy atom. The standard InChI is InChI=1S/C21H23N3O3/c25-21-20-15(5-3-9-22-20)11-24(21)16-6-4-10-23(12-16)13-17-14-26-18-7-1-2-8-19(18)27-17/h1-3,5,7-9,16-17H,4,6,10-14H2/t16-,17-/m0/s1. The number of piperidine rings is 1.